The molecule has 0 aliphatic carbocycles. The van der Waals surface area contributed by atoms with E-state index in [1.807, 2.05) is 42.6 Å². The van der Waals surface area contributed by atoms with Gasteiger partial charge in [-0.2, -0.15) is 5.10 Å². The lowest BCUT2D eigenvalue weighted by molar-refractivity contribution is 1.10. The van der Waals surface area contributed by atoms with Crippen LogP contribution in [0.15, 0.2) is 35.7 Å². The zero-order valence-electron chi connectivity index (χ0n) is 9.84. The highest BCUT2D eigenvalue weighted by Gasteiger charge is 2.12. The number of aromatic amines is 1. The molecule has 2 aromatic heterocycles. The summed E-state index contributed by atoms with van der Waals surface area (Å²) in [6.45, 7) is 2.01. The Kier molecular flexibility index (Phi) is 2.60. The Balaban J connectivity index is 2.09. The van der Waals surface area contributed by atoms with Crippen LogP contribution in [0.2, 0.25) is 0 Å². The number of nitrogen functional groups attached to an aromatic ring is 1. The molecule has 90 valence electrons. The maximum atomic E-state index is 5.99. The molecule has 3 rings (SSSR count). The molecule has 0 unspecified atom stereocenters. The molecule has 0 saturated carbocycles. The first kappa shape index (κ1) is 11.0. The van der Waals surface area contributed by atoms with Gasteiger partial charge in [-0.05, 0) is 30.0 Å². The Hall–Kier alpha value is -2.14. The van der Waals surface area contributed by atoms with Crippen LogP contribution in [0, 0.1) is 6.92 Å². The summed E-state index contributed by atoms with van der Waals surface area (Å²) in [6, 6.07) is 9.80. The van der Waals surface area contributed by atoms with Crippen LogP contribution >= 0.6 is 11.3 Å². The molecule has 3 aromatic rings. The van der Waals surface area contributed by atoms with Gasteiger partial charge < -0.3 is 5.73 Å². The number of hydrogen-bond donors (Lipinski definition) is 2. The molecule has 5 heteroatoms. The Morgan fingerprint density at radius 1 is 1.22 bits per heavy atom. The number of aromatic nitrogens is 3. The smallest absolute Gasteiger partial charge is 0.183 e. The van der Waals surface area contributed by atoms with E-state index in [-0.39, 0.29) is 0 Å². The summed E-state index contributed by atoms with van der Waals surface area (Å²) in [6.07, 6.45) is 0. The molecule has 0 bridgehead atoms. The first-order valence-electron chi connectivity index (χ1n) is 5.57. The number of nitrogens with two attached hydrogens (primary N) is 1. The monoisotopic (exact) mass is 256 g/mol. The minimum atomic E-state index is 0.647. The van der Waals surface area contributed by atoms with Gasteiger partial charge in [0, 0.05) is 11.3 Å². The van der Waals surface area contributed by atoms with Crippen LogP contribution in [0.5, 0.6) is 0 Å². The number of rotatable bonds is 2. The van der Waals surface area contributed by atoms with Gasteiger partial charge in [-0.25, -0.2) is 4.98 Å². The van der Waals surface area contributed by atoms with Gasteiger partial charge in [-0.3, -0.25) is 5.10 Å². The number of anilines is 1. The Morgan fingerprint density at radius 2 is 2.11 bits per heavy atom. The van der Waals surface area contributed by atoms with E-state index < -0.39 is 0 Å². The van der Waals surface area contributed by atoms with Gasteiger partial charge in [-0.15, -0.1) is 11.3 Å². The quantitative estimate of drug-likeness (QED) is 0.692. The fourth-order valence-corrected chi connectivity index (χ4v) is 2.56. The standard InChI is InChI=1S/C13H12N4S/c1-8-4-2-5-9(14)11(8)13-15-12(16-17-13)10-6-3-7-18-10/h2-7H,14H2,1H3,(H,15,16,17). The van der Waals surface area contributed by atoms with Crippen LogP contribution in [0.3, 0.4) is 0 Å². The molecule has 0 aliphatic rings. The molecule has 0 amide bonds. The number of H-pyrrole nitrogens is 1. The van der Waals surface area contributed by atoms with Crippen molar-refractivity contribution in [2.24, 2.45) is 0 Å². The first-order valence-corrected chi connectivity index (χ1v) is 6.45. The van der Waals surface area contributed by atoms with Crippen molar-refractivity contribution < 1.29 is 0 Å². The molecule has 0 radical (unpaired) electrons. The van der Waals surface area contributed by atoms with Gasteiger partial charge in [0.1, 0.15) is 0 Å². The molecule has 1 aromatic carbocycles. The molecule has 0 aliphatic heterocycles. The first-order chi connectivity index (χ1) is 8.75. The lowest BCUT2D eigenvalue weighted by Crippen LogP contribution is -1.94. The third-order valence-electron chi connectivity index (χ3n) is 2.77. The fourth-order valence-electron chi connectivity index (χ4n) is 1.89. The molecule has 0 atom stereocenters. The summed E-state index contributed by atoms with van der Waals surface area (Å²) in [5.74, 6) is 1.43. The Morgan fingerprint density at radius 3 is 2.83 bits per heavy atom. The predicted molar refractivity (Wildman–Crippen MR) is 74.3 cm³/mol. The number of nitrogens with zero attached hydrogens (tertiary/aromatic N) is 2. The highest BCUT2D eigenvalue weighted by molar-refractivity contribution is 7.13. The minimum Gasteiger partial charge on any atom is -0.398 e. The number of aryl methyl sites for hydroxylation is 1. The van der Waals surface area contributed by atoms with Crippen LogP contribution in [0.1, 0.15) is 5.56 Å². The van der Waals surface area contributed by atoms with Crippen molar-refractivity contribution in [2.75, 3.05) is 5.73 Å². The summed E-state index contributed by atoms with van der Waals surface area (Å²) >= 11 is 1.63. The van der Waals surface area contributed by atoms with Crippen LogP contribution in [-0.2, 0) is 0 Å². The van der Waals surface area contributed by atoms with E-state index in [1.54, 1.807) is 11.3 Å². The lowest BCUT2D eigenvalue weighted by Gasteiger charge is -2.04. The number of hydrogen-bond acceptors (Lipinski definition) is 4. The van der Waals surface area contributed by atoms with Gasteiger partial charge in [0.05, 0.1) is 4.88 Å². The van der Waals surface area contributed by atoms with Gasteiger partial charge in [-0.1, -0.05) is 18.2 Å². The van der Waals surface area contributed by atoms with E-state index in [0.717, 1.165) is 21.8 Å². The molecule has 0 fully saturated rings. The van der Waals surface area contributed by atoms with Crippen molar-refractivity contribution in [1.29, 1.82) is 0 Å². The molecule has 4 nitrogen and oxygen atoms in total. The number of thiophene rings is 1. The van der Waals surface area contributed by atoms with Gasteiger partial charge >= 0.3 is 0 Å². The lowest BCUT2D eigenvalue weighted by atomic mass is 10.1. The predicted octanol–water partition coefficient (Wildman–Crippen LogP) is 3.09. The van der Waals surface area contributed by atoms with Crippen molar-refractivity contribution >= 4 is 17.0 Å². The summed E-state index contributed by atoms with van der Waals surface area (Å²) in [5, 5.41) is 9.22. The highest BCUT2D eigenvalue weighted by Crippen LogP contribution is 2.28. The van der Waals surface area contributed by atoms with Crippen molar-refractivity contribution in [3.05, 3.63) is 41.3 Å². The largest absolute Gasteiger partial charge is 0.398 e. The highest BCUT2D eigenvalue weighted by atomic mass is 32.1. The van der Waals surface area contributed by atoms with Crippen molar-refractivity contribution in [1.82, 2.24) is 15.2 Å². The zero-order valence-corrected chi connectivity index (χ0v) is 10.7. The SMILES string of the molecule is Cc1cccc(N)c1-c1n[nH]c(-c2cccs2)n1. The summed E-state index contributed by atoms with van der Waals surface area (Å²) < 4.78 is 0. The molecular weight excluding hydrogens is 244 g/mol. The van der Waals surface area contributed by atoms with Crippen LogP contribution in [0.4, 0.5) is 5.69 Å². The molecule has 0 saturated heterocycles. The van der Waals surface area contributed by atoms with E-state index in [0.29, 0.717) is 11.5 Å². The average molecular weight is 256 g/mol. The molecular formula is C13H12N4S. The third-order valence-corrected chi connectivity index (χ3v) is 3.65. The van der Waals surface area contributed by atoms with Gasteiger partial charge in [0.2, 0.25) is 0 Å². The topological polar surface area (TPSA) is 67.6 Å². The van der Waals surface area contributed by atoms with E-state index in [4.69, 9.17) is 5.73 Å². The molecule has 2 heterocycles. The Labute approximate surface area is 109 Å². The molecule has 18 heavy (non-hydrogen) atoms. The summed E-state index contributed by atoms with van der Waals surface area (Å²) in [5.41, 5.74) is 8.67. The minimum absolute atomic E-state index is 0.647. The second kappa shape index (κ2) is 4.27. The van der Waals surface area contributed by atoms with E-state index in [9.17, 15) is 0 Å². The van der Waals surface area contributed by atoms with Crippen molar-refractivity contribution in [2.45, 2.75) is 6.92 Å². The van der Waals surface area contributed by atoms with Crippen LogP contribution in [0.25, 0.3) is 22.1 Å². The van der Waals surface area contributed by atoms with E-state index in [2.05, 4.69) is 15.2 Å². The second-order valence-electron chi connectivity index (χ2n) is 4.02. The maximum Gasteiger partial charge on any atom is 0.183 e. The van der Waals surface area contributed by atoms with Crippen LogP contribution < -0.4 is 5.73 Å². The second-order valence-corrected chi connectivity index (χ2v) is 4.97. The maximum absolute atomic E-state index is 5.99. The van der Waals surface area contributed by atoms with E-state index >= 15 is 0 Å². The molecule has 3 N–H and O–H groups in total. The Bertz CT molecular complexity index is 650. The molecule has 0 spiro atoms. The van der Waals surface area contributed by atoms with Crippen molar-refractivity contribution in [3.63, 3.8) is 0 Å². The summed E-state index contributed by atoms with van der Waals surface area (Å²) in [4.78, 5) is 5.58. The van der Waals surface area contributed by atoms with Gasteiger partial charge in [0.25, 0.3) is 0 Å². The normalized spacial score (nSPS) is 10.7. The van der Waals surface area contributed by atoms with Crippen molar-refractivity contribution in [3.8, 4) is 22.1 Å². The summed E-state index contributed by atoms with van der Waals surface area (Å²) in [7, 11) is 0. The number of benzene rings is 1. The van der Waals surface area contributed by atoms with Gasteiger partial charge in [0.15, 0.2) is 11.6 Å². The number of nitrogens with one attached hydrogen (secondary N) is 1. The third kappa shape index (κ3) is 1.78. The average Bonchev–Trinajstić information content (AvgIpc) is 2.99. The van der Waals surface area contributed by atoms with Crippen LogP contribution in [-0.4, -0.2) is 15.2 Å². The van der Waals surface area contributed by atoms with E-state index in [1.165, 1.54) is 0 Å². The fraction of sp³-hybridized carbons (Fsp3) is 0.0769. The zero-order chi connectivity index (χ0) is 12.5.